The molecule has 1 heterocycles. The van der Waals surface area contributed by atoms with Gasteiger partial charge in [-0.2, -0.15) is 23.4 Å². The number of aromatic nitrogens is 2. The second kappa shape index (κ2) is 9.82. The maximum Gasteiger partial charge on any atom is 0.416 e. The molecule has 1 aromatic heterocycles. The van der Waals surface area contributed by atoms with E-state index in [-0.39, 0.29) is 22.9 Å². The number of halogens is 3. The van der Waals surface area contributed by atoms with Crippen LogP contribution in [0.4, 0.5) is 36.2 Å². The van der Waals surface area contributed by atoms with Crippen LogP contribution in [0.5, 0.6) is 5.75 Å². The molecule has 0 amide bonds. The number of hydrogen-bond donors (Lipinski definition) is 3. The number of carboxylic acid groups (broad SMARTS) is 1. The first-order valence-corrected chi connectivity index (χ1v) is 10.5. The Balaban J connectivity index is 1.57. The van der Waals surface area contributed by atoms with Crippen LogP contribution in [0.15, 0.2) is 83.2 Å². The quantitative estimate of drug-likeness (QED) is 0.248. The van der Waals surface area contributed by atoms with E-state index in [0.717, 1.165) is 23.3 Å². The highest BCUT2D eigenvalue weighted by Crippen LogP contribution is 2.31. The fraction of sp³-hybridized carbons (Fsp3) is 0.0800. The van der Waals surface area contributed by atoms with Gasteiger partial charge in [0.05, 0.1) is 22.6 Å². The summed E-state index contributed by atoms with van der Waals surface area (Å²) in [5, 5.41) is 29.9. The molecule has 4 rings (SSSR count). The molecule has 0 spiro atoms. The third kappa shape index (κ3) is 5.63. The fourth-order valence-corrected chi connectivity index (χ4v) is 3.26. The zero-order chi connectivity index (χ0) is 25.9. The first-order valence-electron chi connectivity index (χ1n) is 10.5. The molecule has 0 bridgehead atoms. The lowest BCUT2D eigenvalue weighted by Gasteiger charge is -2.10. The van der Waals surface area contributed by atoms with Gasteiger partial charge in [-0.3, -0.25) is 0 Å². The highest BCUT2D eigenvalue weighted by molar-refractivity contribution is 5.91. The van der Waals surface area contributed by atoms with Crippen LogP contribution in [-0.4, -0.2) is 26.2 Å². The number of aromatic carboxylic acids is 1. The van der Waals surface area contributed by atoms with Crippen molar-refractivity contribution in [1.29, 1.82) is 0 Å². The lowest BCUT2D eigenvalue weighted by molar-refractivity contribution is -0.137. The lowest BCUT2D eigenvalue weighted by Crippen LogP contribution is -2.05. The first kappa shape index (κ1) is 24.3. The van der Waals surface area contributed by atoms with E-state index in [1.165, 1.54) is 36.5 Å². The average Bonchev–Trinajstić information content (AvgIpc) is 2.84. The summed E-state index contributed by atoms with van der Waals surface area (Å²) >= 11 is 0. The zero-order valence-corrected chi connectivity index (χ0v) is 18.7. The first-order chi connectivity index (χ1) is 17.1. The van der Waals surface area contributed by atoms with Crippen molar-refractivity contribution < 1.29 is 28.2 Å². The van der Waals surface area contributed by atoms with Gasteiger partial charge in [0.1, 0.15) is 11.3 Å². The molecule has 0 saturated heterocycles. The summed E-state index contributed by atoms with van der Waals surface area (Å²) in [5.74, 6) is -1.46. The number of hydrogen-bond acceptors (Lipinski definition) is 7. The normalized spacial score (nSPS) is 11.6. The van der Waals surface area contributed by atoms with Crippen LogP contribution in [0.25, 0.3) is 11.3 Å². The van der Waals surface area contributed by atoms with Crippen LogP contribution in [0.2, 0.25) is 0 Å². The number of aromatic hydroxyl groups is 1. The highest BCUT2D eigenvalue weighted by Gasteiger charge is 2.29. The fourth-order valence-electron chi connectivity index (χ4n) is 3.26. The van der Waals surface area contributed by atoms with E-state index < -0.39 is 17.7 Å². The van der Waals surface area contributed by atoms with Crippen molar-refractivity contribution in [1.82, 2.24) is 9.97 Å². The summed E-state index contributed by atoms with van der Waals surface area (Å²) < 4.78 is 38.3. The van der Waals surface area contributed by atoms with Gasteiger partial charge in [0.2, 0.25) is 5.95 Å². The van der Waals surface area contributed by atoms with E-state index in [1.807, 2.05) is 13.0 Å². The molecule has 3 N–H and O–H groups in total. The molecule has 36 heavy (non-hydrogen) atoms. The van der Waals surface area contributed by atoms with E-state index in [1.54, 1.807) is 18.2 Å². The monoisotopic (exact) mass is 493 g/mol. The Morgan fingerprint density at radius 1 is 0.944 bits per heavy atom. The molecule has 0 fully saturated rings. The van der Waals surface area contributed by atoms with Gasteiger partial charge in [-0.1, -0.05) is 6.07 Å². The van der Waals surface area contributed by atoms with E-state index in [2.05, 4.69) is 25.5 Å². The Morgan fingerprint density at radius 2 is 1.61 bits per heavy atom. The number of nitrogens with one attached hydrogen (secondary N) is 1. The third-order valence-corrected chi connectivity index (χ3v) is 5.11. The molecule has 0 aliphatic heterocycles. The van der Waals surface area contributed by atoms with Crippen LogP contribution in [-0.2, 0) is 6.18 Å². The van der Waals surface area contributed by atoms with Crippen molar-refractivity contribution in [3.05, 3.63) is 89.6 Å². The number of alkyl halides is 3. The molecule has 0 aliphatic rings. The van der Waals surface area contributed by atoms with Crippen molar-refractivity contribution in [2.75, 3.05) is 5.32 Å². The molecule has 4 aromatic rings. The van der Waals surface area contributed by atoms with Crippen molar-refractivity contribution in [3.8, 4) is 17.0 Å². The molecular formula is C25H18F3N5O3. The number of carboxylic acids is 1. The third-order valence-electron chi connectivity index (χ3n) is 5.11. The Kier molecular flexibility index (Phi) is 6.64. The van der Waals surface area contributed by atoms with Crippen molar-refractivity contribution in [3.63, 3.8) is 0 Å². The summed E-state index contributed by atoms with van der Waals surface area (Å²) in [6, 6.07) is 15.4. The number of benzene rings is 3. The van der Waals surface area contributed by atoms with E-state index in [0.29, 0.717) is 17.1 Å². The number of nitrogens with zero attached hydrogens (tertiary/aromatic N) is 4. The summed E-state index contributed by atoms with van der Waals surface area (Å²) in [7, 11) is 0. The predicted molar refractivity (Wildman–Crippen MR) is 126 cm³/mol. The van der Waals surface area contributed by atoms with E-state index >= 15 is 0 Å². The summed E-state index contributed by atoms with van der Waals surface area (Å²) in [6.45, 7) is 1.88. The molecule has 3 aromatic carbocycles. The Labute approximate surface area is 202 Å². The van der Waals surface area contributed by atoms with Gasteiger partial charge in [-0.05, 0) is 73.2 Å². The van der Waals surface area contributed by atoms with Crippen LogP contribution in [0, 0.1) is 6.92 Å². The largest absolute Gasteiger partial charge is 0.507 e. The van der Waals surface area contributed by atoms with Crippen molar-refractivity contribution >= 4 is 29.0 Å². The second-order valence-corrected chi connectivity index (χ2v) is 7.67. The second-order valence-electron chi connectivity index (χ2n) is 7.67. The number of aryl methyl sites for hydroxylation is 1. The van der Waals surface area contributed by atoms with Crippen molar-refractivity contribution in [2.45, 2.75) is 13.1 Å². The molecule has 0 aliphatic carbocycles. The van der Waals surface area contributed by atoms with Gasteiger partial charge in [0.15, 0.2) is 0 Å². The van der Waals surface area contributed by atoms with Gasteiger partial charge in [-0.25, -0.2) is 14.8 Å². The summed E-state index contributed by atoms with van der Waals surface area (Å²) in [4.78, 5) is 19.8. The average molecular weight is 493 g/mol. The predicted octanol–water partition coefficient (Wildman–Crippen LogP) is 7.03. The van der Waals surface area contributed by atoms with Gasteiger partial charge in [0, 0.05) is 17.4 Å². The van der Waals surface area contributed by atoms with Crippen LogP contribution in [0.1, 0.15) is 21.5 Å². The molecule has 182 valence electrons. The van der Waals surface area contributed by atoms with Gasteiger partial charge in [0.25, 0.3) is 0 Å². The number of azo groups is 1. The number of anilines is 2. The van der Waals surface area contributed by atoms with E-state index in [4.69, 9.17) is 5.11 Å². The van der Waals surface area contributed by atoms with Gasteiger partial charge >= 0.3 is 12.1 Å². The van der Waals surface area contributed by atoms with Gasteiger partial charge < -0.3 is 15.5 Å². The SMILES string of the molecule is Cc1ccc(/N=N/c2ccc(O)c(C(=O)O)c2)cc1-c1ccnc(Nc2ccc(C(F)(F)F)cc2)n1. The minimum Gasteiger partial charge on any atom is -0.507 e. The van der Waals surface area contributed by atoms with E-state index in [9.17, 15) is 23.1 Å². The molecule has 0 unspecified atom stereocenters. The Morgan fingerprint density at radius 3 is 2.28 bits per heavy atom. The topological polar surface area (TPSA) is 120 Å². The van der Waals surface area contributed by atoms with Crippen LogP contribution in [0.3, 0.4) is 0 Å². The molecule has 8 nitrogen and oxygen atoms in total. The zero-order valence-electron chi connectivity index (χ0n) is 18.7. The van der Waals surface area contributed by atoms with Crippen LogP contribution < -0.4 is 5.32 Å². The summed E-state index contributed by atoms with van der Waals surface area (Å²) in [6.07, 6.45) is -2.90. The van der Waals surface area contributed by atoms with Crippen LogP contribution >= 0.6 is 0 Å². The van der Waals surface area contributed by atoms with Crippen molar-refractivity contribution in [2.24, 2.45) is 10.2 Å². The Bertz CT molecular complexity index is 1450. The van der Waals surface area contributed by atoms with Gasteiger partial charge in [-0.15, -0.1) is 0 Å². The standard InChI is InChI=1S/C25H18F3N5O3/c1-14-2-5-17(32-33-18-8-9-22(34)20(13-18)23(35)36)12-19(14)21-10-11-29-24(31-21)30-16-6-3-15(4-7-16)25(26,27)28/h2-13,34H,1H3,(H,35,36)(H,29,30,31)/b33-32+. The maximum absolute atomic E-state index is 12.8. The molecule has 0 atom stereocenters. The Hall–Kier alpha value is -4.80. The lowest BCUT2D eigenvalue weighted by atomic mass is 10.0. The minimum absolute atomic E-state index is 0.198. The molecule has 0 saturated carbocycles. The highest BCUT2D eigenvalue weighted by atomic mass is 19.4. The molecular weight excluding hydrogens is 475 g/mol. The number of carbonyl (C=O) groups is 1. The maximum atomic E-state index is 12.8. The minimum atomic E-state index is -4.42. The summed E-state index contributed by atoms with van der Waals surface area (Å²) in [5.41, 5.74) is 2.22. The molecule has 0 radical (unpaired) electrons. The molecule has 11 heteroatoms. The number of phenols is 1. The smallest absolute Gasteiger partial charge is 0.416 e. The number of rotatable bonds is 6.